The third-order valence-corrected chi connectivity index (χ3v) is 1.87. The Bertz CT molecular complexity index is 277. The summed E-state index contributed by atoms with van der Waals surface area (Å²) in [7, 11) is 0. The Morgan fingerprint density at radius 1 is 1.25 bits per heavy atom. The van der Waals surface area contributed by atoms with Crippen molar-refractivity contribution in [3.63, 3.8) is 0 Å². The molecule has 9 heteroatoms. The highest BCUT2D eigenvalue weighted by Gasteiger charge is 2.06. The van der Waals surface area contributed by atoms with Crippen LogP contribution in [0.25, 0.3) is 0 Å². The molecule has 0 aromatic carbocycles. The summed E-state index contributed by atoms with van der Waals surface area (Å²) in [6.45, 7) is 0. The maximum absolute atomic E-state index is 5.38. The van der Waals surface area contributed by atoms with Gasteiger partial charge in [-0.05, 0) is 0 Å². The van der Waals surface area contributed by atoms with Crippen LogP contribution >= 0.6 is 48.4 Å². The van der Waals surface area contributed by atoms with Crippen molar-refractivity contribution in [1.29, 1.82) is 0 Å². The van der Waals surface area contributed by atoms with Crippen LogP contribution in [0.5, 0.6) is 0 Å². The SMILES string of the molecule is Nc1nc(NBr)nc(N(Br)Br)n1. The van der Waals surface area contributed by atoms with E-state index in [4.69, 9.17) is 5.73 Å². The van der Waals surface area contributed by atoms with Crippen molar-refractivity contribution < 1.29 is 0 Å². The second-order valence-corrected chi connectivity index (χ2v) is 4.41. The van der Waals surface area contributed by atoms with Gasteiger partial charge in [0.25, 0.3) is 5.95 Å². The number of nitrogens with zero attached hydrogens (tertiary/aromatic N) is 4. The third kappa shape index (κ3) is 2.42. The molecule has 0 radical (unpaired) electrons. The lowest BCUT2D eigenvalue weighted by atomic mass is 10.8. The largest absolute Gasteiger partial charge is 0.368 e. The summed E-state index contributed by atoms with van der Waals surface area (Å²) in [4.78, 5) is 11.5. The second kappa shape index (κ2) is 4.19. The lowest BCUT2D eigenvalue weighted by Crippen LogP contribution is -2.05. The lowest BCUT2D eigenvalue weighted by molar-refractivity contribution is 1.08. The molecule has 6 nitrogen and oxygen atoms in total. The zero-order chi connectivity index (χ0) is 9.14. The Hall–Kier alpha value is -0.150. The molecule has 0 bridgehead atoms. The van der Waals surface area contributed by atoms with Crippen molar-refractivity contribution in [1.82, 2.24) is 15.0 Å². The monoisotopic (exact) mass is 360 g/mol. The number of rotatable bonds is 2. The molecular weight excluding hydrogens is 360 g/mol. The third-order valence-electron chi connectivity index (χ3n) is 0.877. The highest BCUT2D eigenvalue weighted by molar-refractivity contribution is 9.25. The minimum absolute atomic E-state index is 0.130. The number of aromatic nitrogens is 3. The molecule has 66 valence electrons. The standard InChI is InChI=1S/C3H3Br3N6/c4-11-2-8-1(7)9-3(10-2)12(5)6/h(H3,7,8,9,10,11). The Kier molecular flexibility index (Phi) is 3.47. The van der Waals surface area contributed by atoms with Gasteiger partial charge in [-0.25, -0.2) is 2.95 Å². The van der Waals surface area contributed by atoms with Gasteiger partial charge in [-0.1, -0.05) is 0 Å². The number of hydrogen-bond donors (Lipinski definition) is 2. The maximum atomic E-state index is 5.38. The second-order valence-electron chi connectivity index (χ2n) is 1.64. The zero-order valence-electron chi connectivity index (χ0n) is 5.50. The predicted molar refractivity (Wildman–Crippen MR) is 57.1 cm³/mol. The first-order chi connectivity index (χ1) is 5.63. The summed E-state index contributed by atoms with van der Waals surface area (Å²) < 4.78 is 3.93. The van der Waals surface area contributed by atoms with E-state index < -0.39 is 0 Å². The minimum Gasteiger partial charge on any atom is -0.368 e. The van der Waals surface area contributed by atoms with Gasteiger partial charge in [0.2, 0.25) is 11.9 Å². The number of nitrogens with two attached hydrogens (primary N) is 1. The topological polar surface area (TPSA) is 80.0 Å². The molecule has 1 aromatic heterocycles. The quantitative estimate of drug-likeness (QED) is 0.778. The molecule has 0 aliphatic rings. The Labute approximate surface area is 94.0 Å². The minimum atomic E-state index is 0.130. The number of hydrogen-bond acceptors (Lipinski definition) is 6. The average molecular weight is 363 g/mol. The Morgan fingerprint density at radius 3 is 2.42 bits per heavy atom. The molecule has 12 heavy (non-hydrogen) atoms. The van der Waals surface area contributed by atoms with E-state index in [0.717, 1.165) is 0 Å². The van der Waals surface area contributed by atoms with Gasteiger partial charge < -0.3 is 5.73 Å². The van der Waals surface area contributed by atoms with Crippen molar-refractivity contribution in [3.8, 4) is 0 Å². The summed E-state index contributed by atoms with van der Waals surface area (Å²) in [5.41, 5.74) is 5.38. The number of nitrogen functional groups attached to an aromatic ring is 1. The van der Waals surface area contributed by atoms with E-state index in [1.165, 1.54) is 2.95 Å². The van der Waals surface area contributed by atoms with Crippen LogP contribution in [0.15, 0.2) is 0 Å². The van der Waals surface area contributed by atoms with Gasteiger partial charge in [0.1, 0.15) is 0 Å². The molecule has 0 aliphatic heterocycles. The van der Waals surface area contributed by atoms with Crippen LogP contribution in [0.1, 0.15) is 0 Å². The molecule has 0 saturated heterocycles. The fourth-order valence-electron chi connectivity index (χ4n) is 0.499. The van der Waals surface area contributed by atoms with Crippen LogP contribution < -0.4 is 13.0 Å². The molecule has 0 amide bonds. The summed E-state index contributed by atoms with van der Waals surface area (Å²) in [6, 6.07) is 0. The van der Waals surface area contributed by atoms with Gasteiger partial charge in [0, 0.05) is 16.1 Å². The van der Waals surface area contributed by atoms with Crippen molar-refractivity contribution in [2.45, 2.75) is 0 Å². The van der Waals surface area contributed by atoms with Gasteiger partial charge >= 0.3 is 0 Å². The Morgan fingerprint density at radius 2 is 1.92 bits per heavy atom. The van der Waals surface area contributed by atoms with E-state index in [0.29, 0.717) is 11.9 Å². The molecule has 3 N–H and O–H groups in total. The van der Waals surface area contributed by atoms with E-state index in [9.17, 15) is 0 Å². The van der Waals surface area contributed by atoms with E-state index in [1.54, 1.807) is 0 Å². The van der Waals surface area contributed by atoms with Crippen LogP contribution in [0, 0.1) is 0 Å². The normalized spacial score (nSPS) is 9.58. The first-order valence-corrected chi connectivity index (χ1v) is 4.84. The van der Waals surface area contributed by atoms with Crippen molar-refractivity contribution in [2.75, 3.05) is 13.0 Å². The molecule has 0 saturated carbocycles. The van der Waals surface area contributed by atoms with Crippen LogP contribution in [-0.4, -0.2) is 15.0 Å². The van der Waals surface area contributed by atoms with Crippen LogP contribution in [0.2, 0.25) is 0 Å². The fraction of sp³-hybridized carbons (Fsp3) is 0. The molecule has 0 fully saturated rings. The summed E-state index contributed by atoms with van der Waals surface area (Å²) in [5, 5.41) is 0. The lowest BCUT2D eigenvalue weighted by Gasteiger charge is -2.05. The van der Waals surface area contributed by atoms with E-state index in [-0.39, 0.29) is 5.95 Å². The number of halogens is 3. The molecule has 0 aliphatic carbocycles. The molecule has 1 heterocycles. The summed E-state index contributed by atoms with van der Waals surface area (Å²) in [5.74, 6) is 0.816. The van der Waals surface area contributed by atoms with Crippen molar-refractivity contribution in [3.05, 3.63) is 0 Å². The van der Waals surface area contributed by atoms with Crippen LogP contribution in [0.3, 0.4) is 0 Å². The Balaban J connectivity index is 3.06. The molecular formula is C3H3Br3N6. The number of nitrogens with one attached hydrogen (secondary N) is 1. The molecule has 1 aromatic rings. The fourth-order valence-corrected chi connectivity index (χ4v) is 0.993. The van der Waals surface area contributed by atoms with Crippen LogP contribution in [-0.2, 0) is 0 Å². The first-order valence-electron chi connectivity index (χ1n) is 2.63. The maximum Gasteiger partial charge on any atom is 0.252 e. The first kappa shape index (κ1) is 9.93. The molecule has 1 rings (SSSR count). The smallest absolute Gasteiger partial charge is 0.252 e. The average Bonchev–Trinajstić information content (AvgIpc) is 2.03. The van der Waals surface area contributed by atoms with Gasteiger partial charge in [-0.3, -0.25) is 4.34 Å². The van der Waals surface area contributed by atoms with Crippen LogP contribution in [0.4, 0.5) is 17.8 Å². The zero-order valence-corrected chi connectivity index (χ0v) is 10.3. The highest BCUT2D eigenvalue weighted by atomic mass is 79.9. The van der Waals surface area contributed by atoms with Gasteiger partial charge in [0.05, 0.1) is 32.3 Å². The van der Waals surface area contributed by atoms with Gasteiger partial charge in [-0.2, -0.15) is 15.0 Å². The summed E-state index contributed by atoms with van der Waals surface area (Å²) >= 11 is 9.12. The van der Waals surface area contributed by atoms with E-state index in [2.05, 4.69) is 67.7 Å². The summed E-state index contributed by atoms with van der Waals surface area (Å²) in [6.07, 6.45) is 0. The molecule has 0 unspecified atom stereocenters. The van der Waals surface area contributed by atoms with Crippen molar-refractivity contribution >= 4 is 66.3 Å². The molecule has 0 atom stereocenters. The van der Waals surface area contributed by atoms with E-state index >= 15 is 0 Å². The highest BCUT2D eigenvalue weighted by Crippen LogP contribution is 2.18. The van der Waals surface area contributed by atoms with Crippen molar-refractivity contribution in [2.24, 2.45) is 0 Å². The van der Waals surface area contributed by atoms with E-state index in [1.807, 2.05) is 0 Å². The molecule has 0 spiro atoms. The predicted octanol–water partition coefficient (Wildman–Crippen LogP) is 1.60. The van der Waals surface area contributed by atoms with Gasteiger partial charge in [0.15, 0.2) is 0 Å². The number of anilines is 3. The van der Waals surface area contributed by atoms with Gasteiger partial charge in [-0.15, -0.1) is 0 Å².